The number of benzene rings is 1. The van der Waals surface area contributed by atoms with Gasteiger partial charge in [-0.2, -0.15) is 10.2 Å². The number of hydrogen-bond acceptors (Lipinski definition) is 4. The summed E-state index contributed by atoms with van der Waals surface area (Å²) in [4.78, 5) is 6.30. The molecular weight excluding hydrogens is 331 g/mol. The molecule has 3 aromatic heterocycles. The minimum Gasteiger partial charge on any atom is -0.351 e. The zero-order valence-corrected chi connectivity index (χ0v) is 14.2. The SMILES string of the molecule is Cn1cc(-c2ccc3[nH]nc(-c4ccnc(N5CC(F)C5)c4)c3c2)cn1. The van der Waals surface area contributed by atoms with Crippen LogP contribution in [0.2, 0.25) is 0 Å². The molecule has 1 saturated heterocycles. The van der Waals surface area contributed by atoms with Crippen molar-refractivity contribution in [3.05, 3.63) is 48.9 Å². The summed E-state index contributed by atoms with van der Waals surface area (Å²) < 4.78 is 14.9. The van der Waals surface area contributed by atoms with Crippen LogP contribution >= 0.6 is 0 Å². The molecule has 0 atom stereocenters. The molecule has 0 spiro atoms. The maximum absolute atomic E-state index is 13.1. The van der Waals surface area contributed by atoms with Crippen molar-refractivity contribution in [2.45, 2.75) is 6.17 Å². The van der Waals surface area contributed by atoms with Crippen LogP contribution in [-0.4, -0.2) is 44.2 Å². The number of anilines is 1. The summed E-state index contributed by atoms with van der Waals surface area (Å²) in [6.07, 6.45) is 4.83. The van der Waals surface area contributed by atoms with Crippen molar-refractivity contribution in [1.29, 1.82) is 0 Å². The average Bonchev–Trinajstić information content (AvgIpc) is 3.24. The number of hydrogen-bond donors (Lipinski definition) is 1. The molecule has 5 rings (SSSR count). The molecule has 0 amide bonds. The van der Waals surface area contributed by atoms with E-state index in [4.69, 9.17) is 0 Å². The van der Waals surface area contributed by atoms with Crippen LogP contribution in [0.5, 0.6) is 0 Å². The number of aromatic nitrogens is 5. The highest BCUT2D eigenvalue weighted by atomic mass is 19.1. The first-order chi connectivity index (χ1) is 12.7. The van der Waals surface area contributed by atoms with Gasteiger partial charge in [-0.1, -0.05) is 6.07 Å². The second-order valence-electron chi connectivity index (χ2n) is 6.64. The van der Waals surface area contributed by atoms with E-state index >= 15 is 0 Å². The van der Waals surface area contributed by atoms with E-state index in [2.05, 4.69) is 32.4 Å². The molecule has 6 nitrogen and oxygen atoms in total. The van der Waals surface area contributed by atoms with Crippen molar-refractivity contribution in [3.8, 4) is 22.4 Å². The van der Waals surface area contributed by atoms with E-state index in [9.17, 15) is 4.39 Å². The molecule has 0 radical (unpaired) electrons. The van der Waals surface area contributed by atoms with E-state index < -0.39 is 6.17 Å². The fourth-order valence-corrected chi connectivity index (χ4v) is 3.33. The Morgan fingerprint density at radius 1 is 1.12 bits per heavy atom. The first kappa shape index (κ1) is 15.1. The number of pyridine rings is 1. The molecule has 0 bridgehead atoms. The van der Waals surface area contributed by atoms with Gasteiger partial charge in [-0.3, -0.25) is 9.78 Å². The number of fused-ring (bicyclic) bond motifs is 1. The molecule has 0 saturated carbocycles. The highest BCUT2D eigenvalue weighted by molar-refractivity contribution is 5.95. The molecule has 0 unspecified atom stereocenters. The van der Waals surface area contributed by atoms with Crippen molar-refractivity contribution >= 4 is 16.7 Å². The summed E-state index contributed by atoms with van der Waals surface area (Å²) in [6, 6.07) is 10.1. The third-order valence-corrected chi connectivity index (χ3v) is 4.78. The number of halogens is 1. The zero-order chi connectivity index (χ0) is 17.7. The van der Waals surface area contributed by atoms with Gasteiger partial charge >= 0.3 is 0 Å². The van der Waals surface area contributed by atoms with Gasteiger partial charge < -0.3 is 4.90 Å². The normalized spacial score (nSPS) is 14.8. The van der Waals surface area contributed by atoms with E-state index in [1.54, 1.807) is 10.9 Å². The van der Waals surface area contributed by atoms with Gasteiger partial charge in [-0.15, -0.1) is 0 Å². The summed E-state index contributed by atoms with van der Waals surface area (Å²) in [7, 11) is 1.90. The Balaban J connectivity index is 1.57. The maximum Gasteiger partial charge on any atom is 0.135 e. The van der Waals surface area contributed by atoms with Gasteiger partial charge in [-0.05, 0) is 29.8 Å². The van der Waals surface area contributed by atoms with Gasteiger partial charge in [-0.25, -0.2) is 9.37 Å². The topological polar surface area (TPSA) is 62.6 Å². The van der Waals surface area contributed by atoms with E-state index in [1.807, 2.05) is 42.5 Å². The third-order valence-electron chi connectivity index (χ3n) is 4.78. The van der Waals surface area contributed by atoms with Crippen molar-refractivity contribution in [3.63, 3.8) is 0 Å². The second kappa shape index (κ2) is 5.66. The molecule has 26 heavy (non-hydrogen) atoms. The van der Waals surface area contributed by atoms with E-state index in [1.165, 1.54) is 0 Å². The Hall–Kier alpha value is -3.22. The lowest BCUT2D eigenvalue weighted by Gasteiger charge is -2.35. The van der Waals surface area contributed by atoms with Crippen LogP contribution in [0.25, 0.3) is 33.3 Å². The smallest absolute Gasteiger partial charge is 0.135 e. The van der Waals surface area contributed by atoms with Gasteiger partial charge in [0.2, 0.25) is 0 Å². The molecule has 4 aromatic rings. The monoisotopic (exact) mass is 348 g/mol. The molecule has 1 fully saturated rings. The number of rotatable bonds is 3. The van der Waals surface area contributed by atoms with Gasteiger partial charge in [0.15, 0.2) is 0 Å². The Kier molecular flexibility index (Phi) is 3.28. The number of nitrogens with one attached hydrogen (secondary N) is 1. The van der Waals surface area contributed by atoms with Crippen molar-refractivity contribution in [2.75, 3.05) is 18.0 Å². The number of alkyl halides is 1. The Morgan fingerprint density at radius 2 is 2.00 bits per heavy atom. The lowest BCUT2D eigenvalue weighted by atomic mass is 10.0. The van der Waals surface area contributed by atoms with Gasteiger partial charge in [0.25, 0.3) is 0 Å². The Bertz CT molecular complexity index is 1090. The Morgan fingerprint density at radius 3 is 2.77 bits per heavy atom. The predicted molar refractivity (Wildman–Crippen MR) is 98.6 cm³/mol. The molecule has 4 heterocycles. The number of aryl methyl sites for hydroxylation is 1. The van der Waals surface area contributed by atoms with Crippen LogP contribution in [-0.2, 0) is 7.05 Å². The highest BCUT2D eigenvalue weighted by Crippen LogP contribution is 2.32. The molecule has 1 aliphatic rings. The fraction of sp³-hybridized carbons (Fsp3) is 0.211. The first-order valence-electron chi connectivity index (χ1n) is 8.50. The lowest BCUT2D eigenvalue weighted by Crippen LogP contribution is -2.48. The summed E-state index contributed by atoms with van der Waals surface area (Å²) >= 11 is 0. The fourth-order valence-electron chi connectivity index (χ4n) is 3.33. The van der Waals surface area contributed by atoms with Crippen LogP contribution in [0.3, 0.4) is 0 Å². The summed E-state index contributed by atoms with van der Waals surface area (Å²) in [5.41, 5.74) is 4.95. The predicted octanol–water partition coefficient (Wildman–Crippen LogP) is 3.18. The van der Waals surface area contributed by atoms with Crippen LogP contribution in [0, 0.1) is 0 Å². The largest absolute Gasteiger partial charge is 0.351 e. The number of nitrogens with zero attached hydrogens (tertiary/aromatic N) is 5. The highest BCUT2D eigenvalue weighted by Gasteiger charge is 2.27. The van der Waals surface area contributed by atoms with Crippen molar-refractivity contribution in [2.24, 2.45) is 7.05 Å². The summed E-state index contributed by atoms with van der Waals surface area (Å²) in [5.74, 6) is 0.788. The zero-order valence-electron chi connectivity index (χ0n) is 14.2. The molecule has 1 aromatic carbocycles. The van der Waals surface area contributed by atoms with Crippen molar-refractivity contribution in [1.82, 2.24) is 25.0 Å². The molecule has 1 N–H and O–H groups in total. The maximum atomic E-state index is 13.1. The number of aromatic amines is 1. The van der Waals surface area contributed by atoms with E-state index in [0.717, 1.165) is 39.1 Å². The quantitative estimate of drug-likeness (QED) is 0.618. The standard InChI is InChI=1S/C19H17FN6/c1-25-9-14(8-22-25)12-2-3-17-16(6-12)19(24-23-17)13-4-5-21-18(7-13)26-10-15(20)11-26/h2-9,15H,10-11H2,1H3,(H,23,24). The molecule has 0 aliphatic carbocycles. The van der Waals surface area contributed by atoms with Gasteiger partial charge in [0.05, 0.1) is 24.8 Å². The minimum atomic E-state index is -0.756. The average molecular weight is 348 g/mol. The van der Waals surface area contributed by atoms with Crippen LogP contribution in [0.15, 0.2) is 48.9 Å². The molecule has 7 heteroatoms. The first-order valence-corrected chi connectivity index (χ1v) is 8.50. The minimum absolute atomic E-state index is 0.406. The molecule has 1 aliphatic heterocycles. The molecular formula is C19H17FN6. The number of H-pyrrole nitrogens is 1. The molecule has 130 valence electrons. The second-order valence-corrected chi connectivity index (χ2v) is 6.64. The van der Waals surface area contributed by atoms with E-state index in [0.29, 0.717) is 13.1 Å². The van der Waals surface area contributed by atoms with Gasteiger partial charge in [0, 0.05) is 36.0 Å². The summed E-state index contributed by atoms with van der Waals surface area (Å²) in [5, 5.41) is 12.9. The van der Waals surface area contributed by atoms with Crippen LogP contribution in [0.4, 0.5) is 10.2 Å². The van der Waals surface area contributed by atoms with Crippen LogP contribution in [0.1, 0.15) is 0 Å². The lowest BCUT2D eigenvalue weighted by molar-refractivity contribution is 0.273. The van der Waals surface area contributed by atoms with E-state index in [-0.39, 0.29) is 0 Å². The van der Waals surface area contributed by atoms with Gasteiger partial charge in [0.1, 0.15) is 17.7 Å². The summed E-state index contributed by atoms with van der Waals surface area (Å²) in [6.45, 7) is 0.811. The van der Waals surface area contributed by atoms with Crippen molar-refractivity contribution < 1.29 is 4.39 Å². The third kappa shape index (κ3) is 2.44. The Labute approximate surface area is 149 Å². The van der Waals surface area contributed by atoms with Crippen LogP contribution < -0.4 is 4.90 Å².